The van der Waals surface area contributed by atoms with Crippen molar-refractivity contribution in [1.82, 2.24) is 5.32 Å². The molecule has 1 N–H and O–H groups in total. The summed E-state index contributed by atoms with van der Waals surface area (Å²) in [5, 5.41) is 2.47. The molecule has 1 aliphatic rings. The average molecular weight is 300 g/mol. The second kappa shape index (κ2) is 5.75. The Kier molecular flexibility index (Phi) is 4.20. The van der Waals surface area contributed by atoms with Crippen LogP contribution in [0, 0.1) is 5.92 Å². The summed E-state index contributed by atoms with van der Waals surface area (Å²) in [6.07, 6.45) is -3.40. The Balaban J connectivity index is 2.44. The highest BCUT2D eigenvalue weighted by Crippen LogP contribution is 2.37. The Morgan fingerprint density at radius 2 is 1.95 bits per heavy atom. The summed E-state index contributed by atoms with van der Waals surface area (Å²) in [6, 6.07) is 3.77. The van der Waals surface area contributed by atoms with Crippen molar-refractivity contribution in [3.63, 3.8) is 0 Å². The highest BCUT2D eigenvalue weighted by molar-refractivity contribution is 6.17. The molecule has 3 amide bonds. The molecule has 1 heterocycles. The lowest BCUT2D eigenvalue weighted by atomic mass is 9.99. The van der Waals surface area contributed by atoms with Crippen LogP contribution in [0.2, 0.25) is 0 Å². The van der Waals surface area contributed by atoms with Gasteiger partial charge in [-0.2, -0.15) is 13.2 Å². The Labute approximate surface area is 119 Å². The number of amides is 3. The lowest BCUT2D eigenvalue weighted by Gasteiger charge is -2.32. The van der Waals surface area contributed by atoms with Crippen molar-refractivity contribution in [2.24, 2.45) is 5.92 Å². The van der Waals surface area contributed by atoms with Crippen LogP contribution >= 0.6 is 0 Å². The molecule has 1 aromatic carbocycles. The lowest BCUT2D eigenvalue weighted by Crippen LogP contribution is -2.55. The van der Waals surface area contributed by atoms with Crippen molar-refractivity contribution in [3.8, 4) is 0 Å². The Hall–Kier alpha value is -2.05. The smallest absolute Gasteiger partial charge is 0.337 e. The number of urea groups is 1. The van der Waals surface area contributed by atoms with E-state index in [1.54, 1.807) is 0 Å². The van der Waals surface area contributed by atoms with Crippen molar-refractivity contribution >= 4 is 17.6 Å². The zero-order valence-electron chi connectivity index (χ0n) is 11.4. The normalized spacial score (nSPS) is 19.6. The van der Waals surface area contributed by atoms with Gasteiger partial charge < -0.3 is 5.32 Å². The van der Waals surface area contributed by atoms with Crippen molar-refractivity contribution in [1.29, 1.82) is 0 Å². The predicted octanol–water partition coefficient (Wildman–Crippen LogP) is 3.18. The van der Waals surface area contributed by atoms with Crippen molar-refractivity contribution in [2.75, 3.05) is 11.4 Å². The van der Waals surface area contributed by atoms with Crippen LogP contribution in [0.15, 0.2) is 24.3 Å². The maximum Gasteiger partial charge on any atom is 0.418 e. The van der Waals surface area contributed by atoms with Gasteiger partial charge in [-0.25, -0.2) is 9.69 Å². The summed E-state index contributed by atoms with van der Waals surface area (Å²) < 4.78 is 39.1. The summed E-state index contributed by atoms with van der Waals surface area (Å²) in [5.41, 5.74) is -1.42. The topological polar surface area (TPSA) is 49.4 Å². The molecule has 21 heavy (non-hydrogen) atoms. The van der Waals surface area contributed by atoms with E-state index in [9.17, 15) is 22.8 Å². The number of hydrogen-bond donors (Lipinski definition) is 1. The number of imide groups is 1. The third-order valence-electron chi connectivity index (χ3n) is 3.36. The van der Waals surface area contributed by atoms with Crippen LogP contribution < -0.4 is 10.2 Å². The Morgan fingerprint density at radius 3 is 2.57 bits per heavy atom. The van der Waals surface area contributed by atoms with Gasteiger partial charge in [-0.1, -0.05) is 25.5 Å². The Morgan fingerprint density at radius 1 is 1.29 bits per heavy atom. The number of alkyl halides is 3. The van der Waals surface area contributed by atoms with Crippen LogP contribution in [0.25, 0.3) is 0 Å². The maximum atomic E-state index is 13.0. The molecule has 7 heteroatoms. The minimum absolute atomic E-state index is 0.163. The van der Waals surface area contributed by atoms with Crippen LogP contribution in [-0.4, -0.2) is 18.5 Å². The van der Waals surface area contributed by atoms with Gasteiger partial charge in [0.2, 0.25) is 5.91 Å². The van der Waals surface area contributed by atoms with Gasteiger partial charge in [-0.05, 0) is 18.6 Å². The van der Waals surface area contributed by atoms with Gasteiger partial charge in [-0.3, -0.25) is 4.79 Å². The number of rotatable bonds is 3. The van der Waals surface area contributed by atoms with E-state index in [4.69, 9.17) is 0 Å². The van der Waals surface area contributed by atoms with Gasteiger partial charge >= 0.3 is 12.2 Å². The molecule has 1 fully saturated rings. The molecule has 1 unspecified atom stereocenters. The molecule has 1 aromatic rings. The van der Waals surface area contributed by atoms with E-state index in [0.29, 0.717) is 17.7 Å². The molecule has 0 saturated carbocycles. The Bertz CT molecular complexity index is 557. The van der Waals surface area contributed by atoms with Gasteiger partial charge in [0.15, 0.2) is 0 Å². The summed E-state index contributed by atoms with van der Waals surface area (Å²) in [7, 11) is 0. The molecule has 0 aliphatic carbocycles. The summed E-state index contributed by atoms with van der Waals surface area (Å²) in [6.45, 7) is 2.04. The molecule has 4 nitrogen and oxygen atoms in total. The first-order valence-corrected chi connectivity index (χ1v) is 6.64. The lowest BCUT2D eigenvalue weighted by molar-refractivity contribution is -0.137. The average Bonchev–Trinajstić information content (AvgIpc) is 2.42. The number of benzene rings is 1. The minimum Gasteiger partial charge on any atom is -0.337 e. The molecule has 1 saturated heterocycles. The molecule has 114 valence electrons. The van der Waals surface area contributed by atoms with E-state index >= 15 is 0 Å². The molecule has 0 aromatic heterocycles. The quantitative estimate of drug-likeness (QED) is 0.932. The second-order valence-corrected chi connectivity index (χ2v) is 4.86. The third kappa shape index (κ3) is 3.01. The van der Waals surface area contributed by atoms with Crippen molar-refractivity contribution in [3.05, 3.63) is 29.8 Å². The number of carbonyl (C=O) groups excluding carboxylic acids is 2. The van der Waals surface area contributed by atoms with Crippen molar-refractivity contribution in [2.45, 2.75) is 25.9 Å². The first-order chi connectivity index (χ1) is 9.86. The van der Waals surface area contributed by atoms with Crippen LogP contribution in [0.3, 0.4) is 0 Å². The molecule has 1 atom stereocenters. The number of para-hydroxylation sites is 1. The van der Waals surface area contributed by atoms with E-state index in [1.807, 2.05) is 6.92 Å². The molecule has 0 spiro atoms. The third-order valence-corrected chi connectivity index (χ3v) is 3.36. The fourth-order valence-corrected chi connectivity index (χ4v) is 2.37. The van der Waals surface area contributed by atoms with E-state index in [1.165, 1.54) is 12.1 Å². The second-order valence-electron chi connectivity index (χ2n) is 4.86. The zero-order valence-corrected chi connectivity index (χ0v) is 11.4. The first kappa shape index (κ1) is 15.3. The zero-order chi connectivity index (χ0) is 15.6. The monoisotopic (exact) mass is 300 g/mol. The molecule has 0 bridgehead atoms. The number of hydrogen-bond acceptors (Lipinski definition) is 2. The molecular formula is C14H15F3N2O2. The summed E-state index contributed by atoms with van der Waals surface area (Å²) in [4.78, 5) is 24.8. The summed E-state index contributed by atoms with van der Waals surface area (Å²) >= 11 is 0. The predicted molar refractivity (Wildman–Crippen MR) is 70.7 cm³/mol. The van der Waals surface area contributed by atoms with Gasteiger partial charge in [0.25, 0.3) is 0 Å². The highest BCUT2D eigenvalue weighted by Gasteiger charge is 2.41. The van der Waals surface area contributed by atoms with Crippen LogP contribution in [0.4, 0.5) is 23.7 Å². The number of halogens is 3. The number of carbonyl (C=O) groups is 2. The fourth-order valence-electron chi connectivity index (χ4n) is 2.37. The first-order valence-electron chi connectivity index (χ1n) is 6.64. The number of nitrogens with zero attached hydrogens (tertiary/aromatic N) is 1. The highest BCUT2D eigenvalue weighted by atomic mass is 19.4. The maximum absolute atomic E-state index is 13.0. The van der Waals surface area contributed by atoms with Crippen LogP contribution in [-0.2, 0) is 11.0 Å². The van der Waals surface area contributed by atoms with Gasteiger partial charge in [0.05, 0.1) is 17.2 Å². The SMILES string of the molecule is CCCC1CNC(=O)N(c2ccccc2C(F)(F)F)C1=O. The van der Waals surface area contributed by atoms with E-state index in [2.05, 4.69) is 5.32 Å². The van der Waals surface area contributed by atoms with Gasteiger partial charge in [0, 0.05) is 6.54 Å². The van der Waals surface area contributed by atoms with Crippen molar-refractivity contribution < 1.29 is 22.8 Å². The van der Waals surface area contributed by atoms with E-state index in [-0.39, 0.29) is 6.54 Å². The minimum atomic E-state index is -4.63. The fraction of sp³-hybridized carbons (Fsp3) is 0.429. The van der Waals surface area contributed by atoms with Crippen LogP contribution in [0.1, 0.15) is 25.3 Å². The number of nitrogens with one attached hydrogen (secondary N) is 1. The largest absolute Gasteiger partial charge is 0.418 e. The number of anilines is 1. The van der Waals surface area contributed by atoms with Gasteiger partial charge in [-0.15, -0.1) is 0 Å². The summed E-state index contributed by atoms with van der Waals surface area (Å²) in [5.74, 6) is -1.08. The molecule has 1 aliphatic heterocycles. The molecular weight excluding hydrogens is 285 g/mol. The standard InChI is InChI=1S/C14H15F3N2O2/c1-2-5-9-8-18-13(21)19(12(9)20)11-7-4-3-6-10(11)14(15,16)17/h3-4,6-7,9H,2,5,8H2,1H3,(H,18,21). The van der Waals surface area contributed by atoms with E-state index in [0.717, 1.165) is 12.1 Å². The molecule has 0 radical (unpaired) electrons. The van der Waals surface area contributed by atoms with Gasteiger partial charge in [0.1, 0.15) is 0 Å². The van der Waals surface area contributed by atoms with Crippen LogP contribution in [0.5, 0.6) is 0 Å². The van der Waals surface area contributed by atoms with E-state index < -0.39 is 35.3 Å². The molecule has 2 rings (SSSR count).